The van der Waals surface area contributed by atoms with Gasteiger partial charge < -0.3 is 14.7 Å². The number of hydrogen-bond acceptors (Lipinski definition) is 3. The Morgan fingerprint density at radius 1 is 0.906 bits per heavy atom. The molecule has 0 radical (unpaired) electrons. The average molecular weight is 440 g/mol. The van der Waals surface area contributed by atoms with Crippen LogP contribution in [0.15, 0.2) is 42.5 Å². The highest BCUT2D eigenvalue weighted by Gasteiger charge is 2.42. The van der Waals surface area contributed by atoms with Gasteiger partial charge in [0.15, 0.2) is 0 Å². The minimum atomic E-state index is -0.245. The number of carbonyl (C=O) groups is 1. The van der Waals surface area contributed by atoms with Crippen LogP contribution in [-0.2, 0) is 4.79 Å². The van der Waals surface area contributed by atoms with E-state index in [9.17, 15) is 13.6 Å². The zero-order valence-corrected chi connectivity index (χ0v) is 18.5. The van der Waals surface area contributed by atoms with Gasteiger partial charge in [-0.3, -0.25) is 4.79 Å². The molecule has 2 fully saturated rings. The van der Waals surface area contributed by atoms with Gasteiger partial charge >= 0.3 is 0 Å². The van der Waals surface area contributed by atoms with Crippen molar-refractivity contribution < 1.29 is 13.6 Å². The van der Waals surface area contributed by atoms with Crippen LogP contribution in [0.2, 0.25) is 0 Å². The number of halogens is 2. The second kappa shape index (κ2) is 9.18. The maximum Gasteiger partial charge on any atom is 0.222 e. The van der Waals surface area contributed by atoms with Gasteiger partial charge in [0, 0.05) is 55.9 Å². The normalized spacial score (nSPS) is 23.4. The summed E-state index contributed by atoms with van der Waals surface area (Å²) in [5.41, 5.74) is 3.06. The Hall–Kier alpha value is -2.47. The lowest BCUT2D eigenvalue weighted by Crippen LogP contribution is -2.45. The molecule has 0 N–H and O–H groups in total. The summed E-state index contributed by atoms with van der Waals surface area (Å²) in [4.78, 5) is 18.8. The summed E-state index contributed by atoms with van der Waals surface area (Å²) in [6.07, 6.45) is 5.95. The standard InChI is InChI=1S/C26H31F2N3O/c27-19-6-9-21(10-7-19)31-24-11-8-20(28)17-22(24)23-18-29(16-12-25(23)31)13-3-4-15-30-14-2-1-5-26(30)32/h6-11,17,23,25H,1-5,12-16,18H2/t23?,25-/m1/s1. The maximum absolute atomic E-state index is 14.1. The molecule has 1 unspecified atom stereocenters. The Morgan fingerprint density at radius 3 is 2.50 bits per heavy atom. The molecule has 4 nitrogen and oxygen atoms in total. The van der Waals surface area contributed by atoms with Crippen LogP contribution in [0.1, 0.15) is 50.0 Å². The molecule has 3 aliphatic heterocycles. The Labute approximate surface area is 188 Å². The first kappa shape index (κ1) is 21.4. The molecular weight excluding hydrogens is 408 g/mol. The smallest absolute Gasteiger partial charge is 0.222 e. The minimum Gasteiger partial charge on any atom is -0.343 e. The fraction of sp³-hybridized carbons (Fsp3) is 0.500. The van der Waals surface area contributed by atoms with Crippen LogP contribution >= 0.6 is 0 Å². The van der Waals surface area contributed by atoms with E-state index in [1.165, 1.54) is 18.2 Å². The monoisotopic (exact) mass is 439 g/mol. The van der Waals surface area contributed by atoms with Crippen molar-refractivity contribution in [3.05, 3.63) is 59.7 Å². The van der Waals surface area contributed by atoms with E-state index in [0.717, 1.165) is 81.8 Å². The Morgan fingerprint density at radius 2 is 1.69 bits per heavy atom. The van der Waals surface area contributed by atoms with E-state index in [4.69, 9.17) is 0 Å². The lowest BCUT2D eigenvalue weighted by Gasteiger charge is -2.39. The van der Waals surface area contributed by atoms with E-state index in [1.54, 1.807) is 6.07 Å². The van der Waals surface area contributed by atoms with Gasteiger partial charge in [0.2, 0.25) is 5.91 Å². The van der Waals surface area contributed by atoms with Crippen LogP contribution in [0.25, 0.3) is 0 Å². The van der Waals surface area contributed by atoms with E-state index in [1.807, 2.05) is 23.1 Å². The third-order valence-corrected chi connectivity index (χ3v) is 7.32. The van der Waals surface area contributed by atoms with Crippen LogP contribution in [0.5, 0.6) is 0 Å². The van der Waals surface area contributed by atoms with Gasteiger partial charge in [0.05, 0.1) is 0 Å². The second-order valence-electron chi connectivity index (χ2n) is 9.36. The molecule has 2 aromatic rings. The Kier molecular flexibility index (Phi) is 6.13. The van der Waals surface area contributed by atoms with Crippen molar-refractivity contribution in [3.8, 4) is 0 Å². The number of benzene rings is 2. The lowest BCUT2D eigenvalue weighted by molar-refractivity contribution is -0.133. The zero-order chi connectivity index (χ0) is 22.1. The van der Waals surface area contributed by atoms with Crippen molar-refractivity contribution in [2.75, 3.05) is 37.6 Å². The third kappa shape index (κ3) is 4.25. The number of hydrogen-bond donors (Lipinski definition) is 0. The van der Waals surface area contributed by atoms with Crippen molar-refractivity contribution in [1.82, 2.24) is 9.80 Å². The fourth-order valence-electron chi connectivity index (χ4n) is 5.71. The molecule has 0 aliphatic carbocycles. The van der Waals surface area contributed by atoms with Gasteiger partial charge in [0.25, 0.3) is 0 Å². The van der Waals surface area contributed by atoms with Gasteiger partial charge in [-0.05, 0) is 86.7 Å². The highest BCUT2D eigenvalue weighted by atomic mass is 19.1. The Balaban J connectivity index is 1.24. The third-order valence-electron chi connectivity index (χ3n) is 7.32. The van der Waals surface area contributed by atoms with Gasteiger partial charge in [-0.25, -0.2) is 8.78 Å². The maximum atomic E-state index is 14.1. The van der Waals surface area contributed by atoms with Crippen LogP contribution in [0.4, 0.5) is 20.2 Å². The topological polar surface area (TPSA) is 26.8 Å². The van der Waals surface area contributed by atoms with Gasteiger partial charge in [-0.2, -0.15) is 0 Å². The molecule has 170 valence electrons. The largest absolute Gasteiger partial charge is 0.343 e. The molecule has 0 saturated carbocycles. The highest BCUT2D eigenvalue weighted by Crippen LogP contribution is 2.48. The summed E-state index contributed by atoms with van der Waals surface area (Å²) >= 11 is 0. The molecule has 0 aromatic heterocycles. The molecule has 5 rings (SSSR count). The molecule has 3 aliphatic rings. The summed E-state index contributed by atoms with van der Waals surface area (Å²) in [7, 11) is 0. The molecule has 3 heterocycles. The van der Waals surface area contributed by atoms with Gasteiger partial charge in [0.1, 0.15) is 11.6 Å². The first-order valence-corrected chi connectivity index (χ1v) is 11.9. The lowest BCUT2D eigenvalue weighted by atomic mass is 9.89. The van der Waals surface area contributed by atoms with E-state index in [-0.39, 0.29) is 23.6 Å². The van der Waals surface area contributed by atoms with E-state index >= 15 is 0 Å². The number of nitrogens with zero attached hydrogens (tertiary/aromatic N) is 3. The molecule has 2 atom stereocenters. The predicted octanol–water partition coefficient (Wildman–Crippen LogP) is 5.07. The van der Waals surface area contributed by atoms with Crippen LogP contribution in [0.3, 0.4) is 0 Å². The fourth-order valence-corrected chi connectivity index (χ4v) is 5.71. The number of likely N-dealkylation sites (tertiary alicyclic amines) is 2. The average Bonchev–Trinajstić information content (AvgIpc) is 3.11. The molecule has 2 saturated heterocycles. The summed E-state index contributed by atoms with van der Waals surface area (Å²) < 4.78 is 27.6. The van der Waals surface area contributed by atoms with E-state index in [2.05, 4.69) is 9.80 Å². The second-order valence-corrected chi connectivity index (χ2v) is 9.36. The first-order chi connectivity index (χ1) is 15.6. The quantitative estimate of drug-likeness (QED) is 0.588. The number of fused-ring (bicyclic) bond motifs is 3. The summed E-state index contributed by atoms with van der Waals surface area (Å²) in [6.45, 7) is 4.69. The van der Waals surface area contributed by atoms with Crippen LogP contribution < -0.4 is 4.90 Å². The number of unbranched alkanes of at least 4 members (excludes halogenated alkanes) is 1. The van der Waals surface area contributed by atoms with Crippen molar-refractivity contribution in [3.63, 3.8) is 0 Å². The molecular formula is C26H31F2N3O. The van der Waals surface area contributed by atoms with Crippen molar-refractivity contribution in [2.24, 2.45) is 0 Å². The molecule has 2 aromatic carbocycles. The van der Waals surface area contributed by atoms with Crippen molar-refractivity contribution in [2.45, 2.75) is 50.5 Å². The summed E-state index contributed by atoms with van der Waals surface area (Å²) in [5, 5.41) is 0. The van der Waals surface area contributed by atoms with E-state index in [0.29, 0.717) is 12.3 Å². The van der Waals surface area contributed by atoms with Crippen molar-refractivity contribution >= 4 is 17.3 Å². The molecule has 0 spiro atoms. The first-order valence-electron chi connectivity index (χ1n) is 11.9. The number of piperidine rings is 2. The highest BCUT2D eigenvalue weighted by molar-refractivity contribution is 5.76. The van der Waals surface area contributed by atoms with Crippen LogP contribution in [-0.4, -0.2) is 54.5 Å². The number of carbonyl (C=O) groups excluding carboxylic acids is 1. The number of amides is 1. The van der Waals surface area contributed by atoms with Gasteiger partial charge in [-0.1, -0.05) is 0 Å². The Bertz CT molecular complexity index is 964. The number of anilines is 2. The predicted molar refractivity (Wildman–Crippen MR) is 122 cm³/mol. The zero-order valence-electron chi connectivity index (χ0n) is 18.5. The molecule has 0 bridgehead atoms. The molecule has 32 heavy (non-hydrogen) atoms. The number of rotatable bonds is 6. The van der Waals surface area contributed by atoms with Crippen LogP contribution in [0, 0.1) is 11.6 Å². The molecule has 1 amide bonds. The van der Waals surface area contributed by atoms with E-state index < -0.39 is 0 Å². The summed E-state index contributed by atoms with van der Waals surface area (Å²) in [6, 6.07) is 12.0. The van der Waals surface area contributed by atoms with Crippen molar-refractivity contribution in [1.29, 1.82) is 0 Å². The molecule has 6 heteroatoms. The minimum absolute atomic E-state index is 0.202. The van der Waals surface area contributed by atoms with Gasteiger partial charge in [-0.15, -0.1) is 0 Å². The SMILES string of the molecule is O=C1CCCCN1CCCCN1CC[C@@H]2C(C1)c1cc(F)ccc1N2c1ccc(F)cc1. The summed E-state index contributed by atoms with van der Waals surface area (Å²) in [5.74, 6) is 0.0994.